The molecule has 0 N–H and O–H groups in total. The van der Waals surface area contributed by atoms with Crippen molar-refractivity contribution in [3.05, 3.63) is 89.5 Å². The summed E-state index contributed by atoms with van der Waals surface area (Å²) in [5, 5.41) is -0.595. The Kier molecular flexibility index (Phi) is 5.01. The van der Waals surface area contributed by atoms with E-state index < -0.39 is 15.1 Å². The fourth-order valence-electron chi connectivity index (χ4n) is 3.77. The Bertz CT molecular complexity index is 1130. The lowest BCUT2D eigenvalue weighted by Crippen LogP contribution is -2.31. The van der Waals surface area contributed by atoms with E-state index in [1.165, 1.54) is 6.07 Å². The van der Waals surface area contributed by atoms with Gasteiger partial charge in [-0.2, -0.15) is 0 Å². The molecule has 0 saturated carbocycles. The SMILES string of the molecule is CC(C)S(=O)(=O)c1ccccc1C(=O)N1Cc2ccccc2-c2ccccc2C1. The lowest BCUT2D eigenvalue weighted by atomic mass is 9.97. The fraction of sp³-hybridized carbons (Fsp3) is 0.208. The lowest BCUT2D eigenvalue weighted by molar-refractivity contribution is 0.0728. The summed E-state index contributed by atoms with van der Waals surface area (Å²) in [6, 6.07) is 22.6. The minimum Gasteiger partial charge on any atom is -0.330 e. The zero-order valence-corrected chi connectivity index (χ0v) is 17.3. The third-order valence-electron chi connectivity index (χ3n) is 5.38. The second-order valence-corrected chi connectivity index (χ2v) is 10.0. The van der Waals surface area contributed by atoms with Crippen LogP contribution in [-0.2, 0) is 22.9 Å². The van der Waals surface area contributed by atoms with E-state index in [9.17, 15) is 13.2 Å². The molecular formula is C24H23NO3S. The molecule has 0 spiro atoms. The average molecular weight is 406 g/mol. The maximum atomic E-state index is 13.5. The van der Waals surface area contributed by atoms with E-state index in [1.54, 1.807) is 36.9 Å². The first-order valence-corrected chi connectivity index (χ1v) is 11.2. The predicted octanol–water partition coefficient (Wildman–Crippen LogP) is 4.69. The second kappa shape index (κ2) is 7.48. The smallest absolute Gasteiger partial charge is 0.255 e. The summed E-state index contributed by atoms with van der Waals surface area (Å²) in [6.45, 7) is 4.13. The molecule has 0 radical (unpaired) electrons. The van der Waals surface area contributed by atoms with Crippen molar-refractivity contribution >= 4 is 15.7 Å². The van der Waals surface area contributed by atoms with E-state index in [1.807, 2.05) is 36.4 Å². The summed E-state index contributed by atoms with van der Waals surface area (Å²) in [4.78, 5) is 15.4. The number of amides is 1. The highest BCUT2D eigenvalue weighted by Gasteiger charge is 2.29. The lowest BCUT2D eigenvalue weighted by Gasteiger charge is -2.23. The van der Waals surface area contributed by atoms with Gasteiger partial charge in [0.2, 0.25) is 0 Å². The van der Waals surface area contributed by atoms with Gasteiger partial charge < -0.3 is 4.90 Å². The van der Waals surface area contributed by atoms with Crippen molar-refractivity contribution in [1.82, 2.24) is 4.90 Å². The summed E-state index contributed by atoms with van der Waals surface area (Å²) in [7, 11) is -3.57. The molecule has 1 aliphatic rings. The van der Waals surface area contributed by atoms with Gasteiger partial charge in [-0.25, -0.2) is 8.42 Å². The van der Waals surface area contributed by atoms with Crippen molar-refractivity contribution in [2.75, 3.05) is 0 Å². The second-order valence-electron chi connectivity index (χ2n) is 7.57. The van der Waals surface area contributed by atoms with Crippen LogP contribution in [0.15, 0.2) is 77.7 Å². The summed E-state index contributed by atoms with van der Waals surface area (Å²) in [6.07, 6.45) is 0. The van der Waals surface area contributed by atoms with Gasteiger partial charge >= 0.3 is 0 Å². The molecule has 148 valence electrons. The number of sulfone groups is 1. The Morgan fingerprint density at radius 2 is 1.28 bits per heavy atom. The molecule has 0 bridgehead atoms. The van der Waals surface area contributed by atoms with Gasteiger partial charge in [0, 0.05) is 13.1 Å². The van der Waals surface area contributed by atoms with Crippen LogP contribution in [0, 0.1) is 0 Å². The highest BCUT2D eigenvalue weighted by molar-refractivity contribution is 7.92. The van der Waals surface area contributed by atoms with Crippen molar-refractivity contribution < 1.29 is 13.2 Å². The molecule has 0 atom stereocenters. The molecule has 0 saturated heterocycles. The van der Waals surface area contributed by atoms with Gasteiger partial charge in [-0.3, -0.25) is 4.79 Å². The Labute approximate surface area is 171 Å². The van der Waals surface area contributed by atoms with Crippen molar-refractivity contribution in [2.45, 2.75) is 37.1 Å². The van der Waals surface area contributed by atoms with E-state index in [2.05, 4.69) is 12.1 Å². The average Bonchev–Trinajstić information content (AvgIpc) is 2.90. The molecule has 5 heteroatoms. The number of fused-ring (bicyclic) bond motifs is 3. The van der Waals surface area contributed by atoms with Crippen molar-refractivity contribution in [3.8, 4) is 11.1 Å². The van der Waals surface area contributed by atoms with Gasteiger partial charge in [0.15, 0.2) is 9.84 Å². The minimum atomic E-state index is -3.57. The van der Waals surface area contributed by atoms with Crippen LogP contribution >= 0.6 is 0 Å². The first-order valence-electron chi connectivity index (χ1n) is 9.68. The van der Waals surface area contributed by atoms with Crippen molar-refractivity contribution in [3.63, 3.8) is 0 Å². The number of carbonyl (C=O) groups excluding carboxylic acids is 1. The van der Waals surface area contributed by atoms with Crippen molar-refractivity contribution in [2.24, 2.45) is 0 Å². The summed E-state index contributed by atoms with van der Waals surface area (Å²) >= 11 is 0. The van der Waals surface area contributed by atoms with Gasteiger partial charge in [-0.05, 0) is 48.2 Å². The van der Waals surface area contributed by atoms with Gasteiger partial charge in [0.05, 0.1) is 15.7 Å². The Balaban J connectivity index is 1.81. The maximum absolute atomic E-state index is 13.5. The topological polar surface area (TPSA) is 54.5 Å². The molecule has 0 aromatic heterocycles. The van der Waals surface area contributed by atoms with Crippen LogP contribution in [0.5, 0.6) is 0 Å². The first-order chi connectivity index (χ1) is 13.9. The van der Waals surface area contributed by atoms with Crippen LogP contribution in [0.3, 0.4) is 0 Å². The largest absolute Gasteiger partial charge is 0.330 e. The Hall–Kier alpha value is -2.92. The third-order valence-corrected chi connectivity index (χ3v) is 7.59. The molecule has 1 amide bonds. The molecular weight excluding hydrogens is 382 g/mol. The minimum absolute atomic E-state index is 0.103. The number of nitrogens with zero attached hydrogens (tertiary/aromatic N) is 1. The van der Waals surface area contributed by atoms with Gasteiger partial charge in [0.1, 0.15) is 0 Å². The van der Waals surface area contributed by atoms with E-state index in [-0.39, 0.29) is 16.4 Å². The monoisotopic (exact) mass is 405 g/mol. The zero-order chi connectivity index (χ0) is 20.6. The number of benzene rings is 3. The predicted molar refractivity (Wildman–Crippen MR) is 114 cm³/mol. The number of hydrogen-bond acceptors (Lipinski definition) is 3. The number of hydrogen-bond donors (Lipinski definition) is 0. The molecule has 0 aliphatic carbocycles. The van der Waals surface area contributed by atoms with Crippen LogP contribution in [0.4, 0.5) is 0 Å². The molecule has 1 heterocycles. The van der Waals surface area contributed by atoms with Crippen LogP contribution < -0.4 is 0 Å². The zero-order valence-electron chi connectivity index (χ0n) is 16.5. The van der Waals surface area contributed by atoms with E-state index in [0.717, 1.165) is 22.3 Å². The van der Waals surface area contributed by atoms with E-state index in [4.69, 9.17) is 0 Å². The molecule has 3 aromatic carbocycles. The maximum Gasteiger partial charge on any atom is 0.255 e. The Morgan fingerprint density at radius 1 is 0.793 bits per heavy atom. The molecule has 4 nitrogen and oxygen atoms in total. The van der Waals surface area contributed by atoms with Crippen LogP contribution in [0.1, 0.15) is 35.3 Å². The standard InChI is InChI=1S/C24H23NO3S/c1-17(2)29(27,28)23-14-8-7-13-22(23)24(26)25-15-18-9-3-5-11-20(18)21-12-6-4-10-19(21)16-25/h3-14,17H,15-16H2,1-2H3. The quantitative estimate of drug-likeness (QED) is 0.635. The highest BCUT2D eigenvalue weighted by atomic mass is 32.2. The summed E-state index contributed by atoms with van der Waals surface area (Å²) in [5.41, 5.74) is 4.56. The fourth-order valence-corrected chi connectivity index (χ4v) is 5.01. The third kappa shape index (κ3) is 3.47. The van der Waals surface area contributed by atoms with Crippen LogP contribution in [0.2, 0.25) is 0 Å². The number of carbonyl (C=O) groups is 1. The highest BCUT2D eigenvalue weighted by Crippen LogP contribution is 2.33. The Morgan fingerprint density at radius 3 is 1.83 bits per heavy atom. The van der Waals surface area contributed by atoms with Gasteiger partial charge in [-0.1, -0.05) is 60.7 Å². The van der Waals surface area contributed by atoms with E-state index in [0.29, 0.717) is 13.1 Å². The molecule has 3 aromatic rings. The van der Waals surface area contributed by atoms with E-state index >= 15 is 0 Å². The van der Waals surface area contributed by atoms with Crippen molar-refractivity contribution in [1.29, 1.82) is 0 Å². The molecule has 0 unspecified atom stereocenters. The number of rotatable bonds is 3. The van der Waals surface area contributed by atoms with Crippen LogP contribution in [0.25, 0.3) is 11.1 Å². The summed E-state index contributed by atoms with van der Waals surface area (Å²) in [5.74, 6) is -0.267. The van der Waals surface area contributed by atoms with Gasteiger partial charge in [0.25, 0.3) is 5.91 Å². The molecule has 29 heavy (non-hydrogen) atoms. The molecule has 0 fully saturated rings. The molecule has 1 aliphatic heterocycles. The molecule has 4 rings (SSSR count). The summed E-state index contributed by atoms with van der Waals surface area (Å²) < 4.78 is 25.7. The van der Waals surface area contributed by atoms with Crippen LogP contribution in [-0.4, -0.2) is 24.5 Å². The first kappa shape index (κ1) is 19.4. The van der Waals surface area contributed by atoms with Gasteiger partial charge in [-0.15, -0.1) is 0 Å². The normalized spacial score (nSPS) is 13.6.